The zero-order valence-corrected chi connectivity index (χ0v) is 10.4. The molecule has 5 nitrogen and oxygen atoms in total. The van der Waals surface area contributed by atoms with Gasteiger partial charge in [-0.05, 0) is 37.4 Å². The lowest BCUT2D eigenvalue weighted by atomic mass is 10.2. The maximum Gasteiger partial charge on any atom is 0.158 e. The molecule has 6 heteroatoms. The van der Waals surface area contributed by atoms with E-state index in [9.17, 15) is 8.76 Å². The summed E-state index contributed by atoms with van der Waals surface area (Å²) in [5, 5.41) is -0.664. The molecule has 0 spiro atoms. The van der Waals surface area contributed by atoms with Gasteiger partial charge in [-0.15, -0.1) is 0 Å². The number of ether oxygens (including phenoxy) is 1. The summed E-state index contributed by atoms with van der Waals surface area (Å²) in [4.78, 5) is 8.18. The highest BCUT2D eigenvalue weighted by Crippen LogP contribution is 2.20. The summed E-state index contributed by atoms with van der Waals surface area (Å²) in [6, 6.07) is 0. The van der Waals surface area contributed by atoms with Gasteiger partial charge in [0.2, 0.25) is 0 Å². The number of rotatable bonds is 5. The highest BCUT2D eigenvalue weighted by Gasteiger charge is 2.23. The molecular weight excluding hydrogens is 228 g/mol. The van der Waals surface area contributed by atoms with Gasteiger partial charge in [-0.3, -0.25) is 4.21 Å². The first-order chi connectivity index (χ1) is 7.56. The van der Waals surface area contributed by atoms with Gasteiger partial charge in [0.25, 0.3) is 0 Å². The van der Waals surface area contributed by atoms with Crippen molar-refractivity contribution in [2.75, 3.05) is 6.61 Å². The van der Waals surface area contributed by atoms with Crippen LogP contribution in [0.3, 0.4) is 0 Å². The van der Waals surface area contributed by atoms with Crippen molar-refractivity contribution in [2.45, 2.75) is 32.1 Å². The van der Waals surface area contributed by atoms with Crippen LogP contribution in [-0.4, -0.2) is 30.6 Å². The molecule has 90 valence electrons. The van der Waals surface area contributed by atoms with E-state index in [0.29, 0.717) is 12.4 Å². The lowest BCUT2D eigenvalue weighted by molar-refractivity contribution is 0.0552. The van der Waals surface area contributed by atoms with E-state index >= 15 is 0 Å². The zero-order chi connectivity index (χ0) is 12.1. The summed E-state index contributed by atoms with van der Waals surface area (Å²) in [7, 11) is 0. The Morgan fingerprint density at radius 1 is 1.50 bits per heavy atom. The molecule has 0 amide bonds. The average molecular weight is 243 g/mol. The molecule has 0 saturated carbocycles. The highest BCUT2D eigenvalue weighted by atomic mass is 32.2. The van der Waals surface area contributed by atoms with Gasteiger partial charge >= 0.3 is 0 Å². The Morgan fingerprint density at radius 2 is 2.06 bits per heavy atom. The minimum Gasteiger partial charge on any atom is -0.772 e. The van der Waals surface area contributed by atoms with E-state index in [1.165, 1.54) is 0 Å². The molecule has 0 fully saturated rings. The summed E-state index contributed by atoms with van der Waals surface area (Å²) >= 11 is -2.20. The molecule has 0 bridgehead atoms. The molecule has 0 aliphatic rings. The molecule has 0 aromatic carbocycles. The normalized spacial score (nSPS) is 16.8. The molecule has 0 saturated heterocycles. The Morgan fingerprint density at radius 3 is 2.50 bits per heavy atom. The largest absolute Gasteiger partial charge is 0.772 e. The van der Waals surface area contributed by atoms with Crippen LogP contribution in [0.25, 0.3) is 0 Å². The van der Waals surface area contributed by atoms with Gasteiger partial charge in [-0.1, -0.05) is 0 Å². The monoisotopic (exact) mass is 243 g/mol. The zero-order valence-electron chi connectivity index (χ0n) is 9.54. The van der Waals surface area contributed by atoms with Gasteiger partial charge in [0.05, 0.1) is 5.25 Å². The van der Waals surface area contributed by atoms with Gasteiger partial charge in [-0.25, -0.2) is 9.97 Å². The van der Waals surface area contributed by atoms with E-state index in [1.807, 2.05) is 13.8 Å². The molecule has 0 N–H and O–H groups in total. The molecule has 1 rings (SSSR count). The van der Waals surface area contributed by atoms with E-state index in [4.69, 9.17) is 4.74 Å². The van der Waals surface area contributed by atoms with Crippen LogP contribution in [0.2, 0.25) is 0 Å². The molecule has 1 unspecified atom stereocenters. The maximum atomic E-state index is 10.9. The van der Waals surface area contributed by atoms with Crippen molar-refractivity contribution in [1.82, 2.24) is 9.97 Å². The minimum absolute atomic E-state index is 0.407. The van der Waals surface area contributed by atoms with E-state index in [-0.39, 0.29) is 0 Å². The molecular formula is C10H15N2O3S-. The van der Waals surface area contributed by atoms with Crippen LogP contribution in [0.15, 0.2) is 12.4 Å². The van der Waals surface area contributed by atoms with Crippen LogP contribution in [0.1, 0.15) is 31.3 Å². The fourth-order valence-electron chi connectivity index (χ4n) is 1.25. The van der Waals surface area contributed by atoms with Crippen LogP contribution in [0.4, 0.5) is 0 Å². The van der Waals surface area contributed by atoms with Crippen molar-refractivity contribution in [1.29, 1.82) is 0 Å². The minimum atomic E-state index is -2.20. The van der Waals surface area contributed by atoms with E-state index < -0.39 is 22.4 Å². The Balaban J connectivity index is 2.92. The number of hydrogen-bond acceptors (Lipinski definition) is 5. The van der Waals surface area contributed by atoms with E-state index in [2.05, 4.69) is 9.97 Å². The van der Waals surface area contributed by atoms with Crippen LogP contribution >= 0.6 is 0 Å². The average Bonchev–Trinajstić information content (AvgIpc) is 2.26. The van der Waals surface area contributed by atoms with Crippen molar-refractivity contribution >= 4 is 11.1 Å². The summed E-state index contributed by atoms with van der Waals surface area (Å²) in [6.45, 7) is 5.67. The fraction of sp³-hybridized carbons (Fsp3) is 0.600. The Labute approximate surface area is 97.6 Å². The summed E-state index contributed by atoms with van der Waals surface area (Å²) in [5.74, 6) is 0.407. The van der Waals surface area contributed by atoms with Crippen molar-refractivity contribution in [3.63, 3.8) is 0 Å². The number of aryl methyl sites for hydroxylation is 1. The predicted octanol–water partition coefficient (Wildman–Crippen LogP) is 1.13. The predicted molar refractivity (Wildman–Crippen MR) is 59.5 cm³/mol. The second-order valence-corrected chi connectivity index (χ2v) is 4.72. The molecule has 0 aliphatic heterocycles. The third-order valence-electron chi connectivity index (χ3n) is 2.13. The topological polar surface area (TPSA) is 75.1 Å². The number of hydrogen-bond donors (Lipinski definition) is 0. The number of nitrogens with zero attached hydrogens (tertiary/aromatic N) is 2. The van der Waals surface area contributed by atoms with Crippen LogP contribution < -0.4 is 0 Å². The van der Waals surface area contributed by atoms with Gasteiger partial charge < -0.3 is 9.29 Å². The first kappa shape index (κ1) is 13.2. The molecule has 1 heterocycles. The molecule has 0 radical (unpaired) electrons. The fourth-order valence-corrected chi connectivity index (χ4v) is 1.65. The van der Waals surface area contributed by atoms with E-state index in [1.54, 1.807) is 19.3 Å². The second kappa shape index (κ2) is 6.03. The molecule has 0 aliphatic carbocycles. The Hall–Kier alpha value is -0.850. The van der Waals surface area contributed by atoms with Crippen molar-refractivity contribution in [3.05, 3.63) is 23.8 Å². The molecule has 3 atom stereocenters. The standard InChI is InChI=1S/C10H16N2O3S/c1-4-15-9(8(3)16(13)14)10-11-5-7(2)6-12-10/h5-6,8-9H,4H2,1-3H3,(H,13,14)/p-1/t8-,9-/m0/s1. The van der Waals surface area contributed by atoms with E-state index in [0.717, 1.165) is 5.56 Å². The maximum absolute atomic E-state index is 10.9. The van der Waals surface area contributed by atoms with Crippen molar-refractivity contribution in [2.24, 2.45) is 0 Å². The smallest absolute Gasteiger partial charge is 0.158 e. The van der Waals surface area contributed by atoms with Crippen molar-refractivity contribution in [3.8, 4) is 0 Å². The lowest BCUT2D eigenvalue weighted by Gasteiger charge is -2.24. The lowest BCUT2D eigenvalue weighted by Crippen LogP contribution is -2.25. The summed E-state index contributed by atoms with van der Waals surface area (Å²) in [6.07, 6.45) is 2.69. The van der Waals surface area contributed by atoms with Gasteiger partial charge in [0, 0.05) is 19.0 Å². The van der Waals surface area contributed by atoms with Crippen molar-refractivity contribution < 1.29 is 13.5 Å². The first-order valence-electron chi connectivity index (χ1n) is 5.04. The quantitative estimate of drug-likeness (QED) is 0.725. The third kappa shape index (κ3) is 3.33. The molecule has 1 aromatic rings. The Bertz CT molecular complexity index is 356. The summed E-state index contributed by atoms with van der Waals surface area (Å²) in [5.41, 5.74) is 0.926. The van der Waals surface area contributed by atoms with Crippen LogP contribution in [0.5, 0.6) is 0 Å². The Kier molecular flexibility index (Phi) is 4.98. The number of aromatic nitrogens is 2. The highest BCUT2D eigenvalue weighted by molar-refractivity contribution is 7.79. The summed E-state index contributed by atoms with van der Waals surface area (Å²) < 4.78 is 27.2. The second-order valence-electron chi connectivity index (χ2n) is 3.46. The first-order valence-corrected chi connectivity index (χ1v) is 6.18. The third-order valence-corrected chi connectivity index (χ3v) is 2.99. The molecule has 1 aromatic heterocycles. The SMILES string of the molecule is CCO[C@H](c1ncc(C)cn1)[C@H](C)S(=O)[O-]. The van der Waals surface area contributed by atoms with Gasteiger partial charge in [0.15, 0.2) is 5.82 Å². The van der Waals surface area contributed by atoms with Crippen LogP contribution in [-0.2, 0) is 15.8 Å². The molecule has 16 heavy (non-hydrogen) atoms. The van der Waals surface area contributed by atoms with Crippen LogP contribution in [0, 0.1) is 6.92 Å². The van der Waals surface area contributed by atoms with Gasteiger partial charge in [-0.2, -0.15) is 0 Å². The van der Waals surface area contributed by atoms with Gasteiger partial charge in [0.1, 0.15) is 6.10 Å².